The highest BCUT2D eigenvalue weighted by Crippen LogP contribution is 2.25. The molecule has 0 spiro atoms. The molecule has 0 fully saturated rings. The highest BCUT2D eigenvalue weighted by molar-refractivity contribution is 7.89. The Balaban J connectivity index is 2.97. The lowest BCUT2D eigenvalue weighted by molar-refractivity contribution is 0.410. The van der Waals surface area contributed by atoms with E-state index in [0.717, 1.165) is 19.3 Å². The Morgan fingerprint density at radius 1 is 1.30 bits per heavy atom. The molecule has 1 aromatic rings. The normalized spacial score (nSPS) is 11.8. The molecule has 0 amide bonds. The standard InChI is InChI=1S/C14H22ClNO3S/c1-4-5-6-9-16(2)20(17,18)13-7-8-14(19-3)12(10-13)11-15/h7-8,10H,4-6,9,11H2,1-3H3. The largest absolute Gasteiger partial charge is 0.496 e. The third-order valence-electron chi connectivity index (χ3n) is 3.18. The molecule has 0 unspecified atom stereocenters. The van der Waals surface area contributed by atoms with Crippen molar-refractivity contribution in [2.75, 3.05) is 20.7 Å². The number of hydrogen-bond donors (Lipinski definition) is 0. The van der Waals surface area contributed by atoms with Crippen LogP contribution in [0.1, 0.15) is 31.7 Å². The molecule has 0 N–H and O–H groups in total. The Bertz CT molecular complexity index is 531. The van der Waals surface area contributed by atoms with Gasteiger partial charge in [-0.15, -0.1) is 11.6 Å². The third-order valence-corrected chi connectivity index (χ3v) is 5.32. The van der Waals surface area contributed by atoms with Crippen molar-refractivity contribution < 1.29 is 13.2 Å². The van der Waals surface area contributed by atoms with Crippen molar-refractivity contribution in [3.63, 3.8) is 0 Å². The van der Waals surface area contributed by atoms with Gasteiger partial charge in [0.25, 0.3) is 0 Å². The van der Waals surface area contributed by atoms with Crippen LogP contribution < -0.4 is 4.74 Å². The van der Waals surface area contributed by atoms with E-state index in [4.69, 9.17) is 16.3 Å². The van der Waals surface area contributed by atoms with Crippen molar-refractivity contribution in [1.29, 1.82) is 0 Å². The minimum Gasteiger partial charge on any atom is -0.496 e. The van der Waals surface area contributed by atoms with Gasteiger partial charge in [0.2, 0.25) is 10.0 Å². The summed E-state index contributed by atoms with van der Waals surface area (Å²) in [7, 11) is -0.313. The molecule has 0 radical (unpaired) electrons. The highest BCUT2D eigenvalue weighted by Gasteiger charge is 2.21. The molecule has 0 aliphatic rings. The van der Waals surface area contributed by atoms with Gasteiger partial charge in [0.15, 0.2) is 0 Å². The number of nitrogens with zero attached hydrogens (tertiary/aromatic N) is 1. The van der Waals surface area contributed by atoms with Crippen LogP contribution in [-0.4, -0.2) is 33.4 Å². The summed E-state index contributed by atoms with van der Waals surface area (Å²) in [5.74, 6) is 0.819. The molecule has 0 aliphatic heterocycles. The van der Waals surface area contributed by atoms with E-state index in [1.165, 1.54) is 11.4 Å². The molecule has 0 aliphatic carbocycles. The van der Waals surface area contributed by atoms with Gasteiger partial charge in [-0.2, -0.15) is 0 Å². The minimum atomic E-state index is -3.46. The molecule has 0 saturated heterocycles. The molecular weight excluding hydrogens is 298 g/mol. The van der Waals surface area contributed by atoms with Crippen LogP contribution in [0, 0.1) is 0 Å². The molecule has 1 aromatic carbocycles. The van der Waals surface area contributed by atoms with Crippen molar-refractivity contribution in [3.05, 3.63) is 23.8 Å². The molecular formula is C14H22ClNO3S. The first-order valence-electron chi connectivity index (χ1n) is 6.66. The van der Waals surface area contributed by atoms with E-state index in [2.05, 4.69) is 6.92 Å². The molecule has 4 nitrogen and oxygen atoms in total. The van der Waals surface area contributed by atoms with Gasteiger partial charge >= 0.3 is 0 Å². The van der Waals surface area contributed by atoms with Crippen molar-refractivity contribution in [2.24, 2.45) is 0 Å². The van der Waals surface area contributed by atoms with Crippen molar-refractivity contribution in [1.82, 2.24) is 4.31 Å². The van der Waals surface area contributed by atoms with E-state index in [-0.39, 0.29) is 10.8 Å². The molecule has 114 valence electrons. The summed E-state index contributed by atoms with van der Waals surface area (Å²) < 4.78 is 31.4. The number of halogens is 1. The second-order valence-corrected chi connectivity index (χ2v) is 6.95. The second-order valence-electron chi connectivity index (χ2n) is 4.64. The zero-order chi connectivity index (χ0) is 15.2. The maximum atomic E-state index is 12.4. The van der Waals surface area contributed by atoms with Gasteiger partial charge < -0.3 is 4.74 Å². The molecule has 0 heterocycles. The fraction of sp³-hybridized carbons (Fsp3) is 0.571. The maximum Gasteiger partial charge on any atom is 0.242 e. The third kappa shape index (κ3) is 4.11. The second kappa shape index (κ2) is 7.86. The highest BCUT2D eigenvalue weighted by atomic mass is 35.5. The zero-order valence-corrected chi connectivity index (χ0v) is 13.8. The van der Waals surface area contributed by atoms with Crippen molar-refractivity contribution in [2.45, 2.75) is 37.0 Å². The average Bonchev–Trinajstić information content (AvgIpc) is 2.46. The van der Waals surface area contributed by atoms with Crippen LogP contribution >= 0.6 is 11.6 Å². The van der Waals surface area contributed by atoms with Gasteiger partial charge in [0, 0.05) is 19.2 Å². The van der Waals surface area contributed by atoms with Gasteiger partial charge in [-0.3, -0.25) is 0 Å². The summed E-state index contributed by atoms with van der Waals surface area (Å²) in [5, 5.41) is 0. The average molecular weight is 320 g/mol. The smallest absolute Gasteiger partial charge is 0.242 e. The number of benzene rings is 1. The number of ether oxygens (including phenoxy) is 1. The molecule has 20 heavy (non-hydrogen) atoms. The predicted molar refractivity (Wildman–Crippen MR) is 81.9 cm³/mol. The monoisotopic (exact) mass is 319 g/mol. The van der Waals surface area contributed by atoms with Gasteiger partial charge in [0.1, 0.15) is 5.75 Å². The number of alkyl halides is 1. The summed E-state index contributed by atoms with van der Waals surface area (Å²) in [6.07, 6.45) is 2.95. The number of unbranched alkanes of at least 4 members (excludes halogenated alkanes) is 2. The first-order chi connectivity index (χ1) is 9.47. The topological polar surface area (TPSA) is 46.6 Å². The Labute approximate surface area is 126 Å². The summed E-state index contributed by atoms with van der Waals surface area (Å²) in [6.45, 7) is 2.61. The van der Waals surface area contributed by atoms with Crippen LogP contribution in [-0.2, 0) is 15.9 Å². The lowest BCUT2D eigenvalue weighted by atomic mass is 10.2. The SMILES string of the molecule is CCCCCN(C)S(=O)(=O)c1ccc(OC)c(CCl)c1. The number of methoxy groups -OCH3 is 1. The van der Waals surface area contributed by atoms with Crippen LogP contribution in [0.15, 0.2) is 23.1 Å². The summed E-state index contributed by atoms with van der Waals surface area (Å²) in [6, 6.07) is 4.78. The van der Waals surface area contributed by atoms with E-state index >= 15 is 0 Å². The zero-order valence-electron chi connectivity index (χ0n) is 12.2. The maximum absolute atomic E-state index is 12.4. The molecule has 1 rings (SSSR count). The minimum absolute atomic E-state index is 0.214. The lowest BCUT2D eigenvalue weighted by Gasteiger charge is -2.18. The number of sulfonamides is 1. The van der Waals surface area contributed by atoms with Gasteiger partial charge in [-0.25, -0.2) is 12.7 Å². The number of hydrogen-bond acceptors (Lipinski definition) is 3. The quantitative estimate of drug-likeness (QED) is 0.546. The summed E-state index contributed by atoms with van der Waals surface area (Å²) in [5.41, 5.74) is 0.678. The first-order valence-corrected chi connectivity index (χ1v) is 8.64. The molecule has 0 atom stereocenters. The van der Waals surface area contributed by atoms with E-state index in [0.29, 0.717) is 17.9 Å². The summed E-state index contributed by atoms with van der Waals surface area (Å²) in [4.78, 5) is 0.257. The Kier molecular flexibility index (Phi) is 6.79. The lowest BCUT2D eigenvalue weighted by Crippen LogP contribution is -2.28. The van der Waals surface area contributed by atoms with Gasteiger partial charge in [-0.1, -0.05) is 19.8 Å². The van der Waals surface area contributed by atoms with Crippen LogP contribution in [0.4, 0.5) is 0 Å². The van der Waals surface area contributed by atoms with Crippen LogP contribution in [0.25, 0.3) is 0 Å². The van der Waals surface area contributed by atoms with Gasteiger partial charge in [-0.05, 0) is 24.6 Å². The Morgan fingerprint density at radius 2 is 2.00 bits per heavy atom. The Hall–Kier alpha value is -0.780. The van der Waals surface area contributed by atoms with Crippen LogP contribution in [0.5, 0.6) is 5.75 Å². The fourth-order valence-electron chi connectivity index (χ4n) is 1.90. The molecule has 0 bridgehead atoms. The number of rotatable bonds is 8. The molecule has 0 saturated carbocycles. The van der Waals surface area contributed by atoms with Gasteiger partial charge in [0.05, 0.1) is 17.9 Å². The summed E-state index contributed by atoms with van der Waals surface area (Å²) >= 11 is 5.83. The first kappa shape index (κ1) is 17.3. The molecule has 0 aromatic heterocycles. The van der Waals surface area contributed by atoms with E-state index in [9.17, 15) is 8.42 Å². The van der Waals surface area contributed by atoms with Crippen LogP contribution in [0.2, 0.25) is 0 Å². The fourth-order valence-corrected chi connectivity index (χ4v) is 3.37. The van der Waals surface area contributed by atoms with E-state index in [1.54, 1.807) is 25.2 Å². The molecule has 6 heteroatoms. The predicted octanol–water partition coefficient (Wildman–Crippen LogP) is 3.24. The Morgan fingerprint density at radius 3 is 2.55 bits per heavy atom. The van der Waals surface area contributed by atoms with Crippen molar-refractivity contribution >= 4 is 21.6 Å². The van der Waals surface area contributed by atoms with E-state index < -0.39 is 10.0 Å². The van der Waals surface area contributed by atoms with E-state index in [1.807, 2.05) is 0 Å². The van der Waals surface area contributed by atoms with Crippen LogP contribution in [0.3, 0.4) is 0 Å². The van der Waals surface area contributed by atoms with Crippen molar-refractivity contribution in [3.8, 4) is 5.75 Å².